The fourth-order valence-corrected chi connectivity index (χ4v) is 5.65. The molecule has 5 rings (SSSR count). The third-order valence-corrected chi connectivity index (χ3v) is 7.06. The van der Waals surface area contributed by atoms with E-state index in [4.69, 9.17) is 10.7 Å². The zero-order chi connectivity index (χ0) is 15.6. The summed E-state index contributed by atoms with van der Waals surface area (Å²) >= 11 is 1.77. The number of hydrogen-bond acceptors (Lipinski definition) is 4. The van der Waals surface area contributed by atoms with E-state index < -0.39 is 0 Å². The number of nitrogens with one attached hydrogen (secondary N) is 1. The Balaban J connectivity index is 1.37. The molecule has 0 aliphatic heterocycles. The molecule has 2 aromatic rings. The van der Waals surface area contributed by atoms with Gasteiger partial charge in [-0.3, -0.25) is 4.79 Å². The van der Waals surface area contributed by atoms with Gasteiger partial charge in [0.25, 0.3) is 0 Å². The molecule has 1 amide bonds. The van der Waals surface area contributed by atoms with Crippen molar-refractivity contribution in [3.05, 3.63) is 23.2 Å². The van der Waals surface area contributed by atoms with Crippen LogP contribution < -0.4 is 11.1 Å². The Morgan fingerprint density at radius 2 is 2.04 bits per heavy atom. The number of fused-ring (bicyclic) bond motifs is 3. The van der Waals surface area contributed by atoms with Crippen LogP contribution in [0.2, 0.25) is 0 Å². The van der Waals surface area contributed by atoms with Gasteiger partial charge < -0.3 is 11.1 Å². The summed E-state index contributed by atoms with van der Waals surface area (Å²) in [5.41, 5.74) is 8.21. The molecule has 1 aromatic carbocycles. The van der Waals surface area contributed by atoms with Crippen molar-refractivity contribution >= 4 is 33.1 Å². The van der Waals surface area contributed by atoms with E-state index >= 15 is 0 Å². The van der Waals surface area contributed by atoms with Crippen LogP contribution in [0.1, 0.15) is 43.0 Å². The minimum absolute atomic E-state index is 0.00654. The maximum absolute atomic E-state index is 12.7. The zero-order valence-electron chi connectivity index (χ0n) is 13.0. The van der Waals surface area contributed by atoms with Gasteiger partial charge in [0.15, 0.2) is 0 Å². The second-order valence-corrected chi connectivity index (χ2v) is 8.50. The number of carbonyl (C=O) groups is 1. The molecule has 3 saturated carbocycles. The molecule has 2 bridgehead atoms. The number of benzene rings is 1. The Kier molecular flexibility index (Phi) is 3.04. The molecule has 5 heteroatoms. The molecule has 120 valence electrons. The molecule has 4 atom stereocenters. The van der Waals surface area contributed by atoms with Crippen LogP contribution in [0, 0.1) is 17.8 Å². The van der Waals surface area contributed by atoms with Crippen molar-refractivity contribution < 1.29 is 4.79 Å². The number of rotatable bonds is 3. The van der Waals surface area contributed by atoms with Crippen LogP contribution in [-0.4, -0.2) is 16.9 Å². The molecular formula is C18H21N3OS. The molecule has 3 N–H and O–H groups in total. The summed E-state index contributed by atoms with van der Waals surface area (Å²) in [5.74, 6) is 1.82. The number of nitrogens with two attached hydrogens (primary N) is 1. The molecule has 3 aliphatic carbocycles. The van der Waals surface area contributed by atoms with Crippen molar-refractivity contribution in [3.63, 3.8) is 0 Å². The largest absolute Gasteiger partial charge is 0.327 e. The molecule has 3 aliphatic rings. The zero-order valence-corrected chi connectivity index (χ0v) is 13.8. The minimum Gasteiger partial charge on any atom is -0.327 e. The third-order valence-electron chi connectivity index (χ3n) is 5.88. The first kappa shape index (κ1) is 13.9. The molecule has 3 fully saturated rings. The molecule has 0 spiro atoms. The van der Waals surface area contributed by atoms with Crippen LogP contribution in [-0.2, 0) is 4.79 Å². The van der Waals surface area contributed by atoms with Crippen LogP contribution in [0.15, 0.2) is 18.2 Å². The highest BCUT2D eigenvalue weighted by molar-refractivity contribution is 7.18. The predicted octanol–water partition coefficient (Wildman–Crippen LogP) is 3.49. The minimum atomic E-state index is -0.00654. The normalized spacial score (nSPS) is 32.6. The molecule has 0 saturated heterocycles. The molecule has 4 unspecified atom stereocenters. The molecule has 1 aromatic heterocycles. The van der Waals surface area contributed by atoms with Crippen molar-refractivity contribution in [1.82, 2.24) is 4.98 Å². The van der Waals surface area contributed by atoms with Gasteiger partial charge in [0.2, 0.25) is 5.91 Å². The van der Waals surface area contributed by atoms with Gasteiger partial charge in [0.05, 0.1) is 21.1 Å². The number of aromatic nitrogens is 1. The molecular weight excluding hydrogens is 306 g/mol. The standard InChI is InChI=1S/C18H21N3OS/c19-16-11-4-3-10(7-11)15(16)17(22)20-12-5-6-13-14(8-12)23-18(21-13)9-1-2-9/h5-6,8-11,15-16H,1-4,7,19H2,(H,20,22). The van der Waals surface area contributed by atoms with Crippen molar-refractivity contribution in [3.8, 4) is 0 Å². The second-order valence-electron chi connectivity index (χ2n) is 7.43. The van der Waals surface area contributed by atoms with E-state index in [9.17, 15) is 4.79 Å². The number of thiazole rings is 1. The van der Waals surface area contributed by atoms with Crippen LogP contribution in [0.5, 0.6) is 0 Å². The Morgan fingerprint density at radius 1 is 1.22 bits per heavy atom. The van der Waals surface area contributed by atoms with Gasteiger partial charge in [-0.25, -0.2) is 4.98 Å². The third kappa shape index (κ3) is 2.29. The number of hydrogen-bond donors (Lipinski definition) is 2. The van der Waals surface area contributed by atoms with Crippen molar-refractivity contribution in [2.75, 3.05) is 5.32 Å². The van der Waals surface area contributed by atoms with Crippen LogP contribution >= 0.6 is 11.3 Å². The van der Waals surface area contributed by atoms with Gasteiger partial charge in [-0.05, 0) is 62.1 Å². The van der Waals surface area contributed by atoms with Crippen molar-refractivity contribution in [1.29, 1.82) is 0 Å². The maximum Gasteiger partial charge on any atom is 0.229 e. The summed E-state index contributed by atoms with van der Waals surface area (Å²) in [7, 11) is 0. The van der Waals surface area contributed by atoms with E-state index in [1.807, 2.05) is 12.1 Å². The average molecular weight is 327 g/mol. The van der Waals surface area contributed by atoms with Crippen LogP contribution in [0.25, 0.3) is 10.2 Å². The Labute approximate surface area is 139 Å². The van der Waals surface area contributed by atoms with Crippen LogP contribution in [0.3, 0.4) is 0 Å². The summed E-state index contributed by atoms with van der Waals surface area (Å²) in [6, 6.07) is 6.10. The summed E-state index contributed by atoms with van der Waals surface area (Å²) in [4.78, 5) is 17.4. The molecule has 1 heterocycles. The van der Waals surface area contributed by atoms with Gasteiger partial charge in [-0.15, -0.1) is 11.3 Å². The van der Waals surface area contributed by atoms with Gasteiger partial charge in [-0.2, -0.15) is 0 Å². The van der Waals surface area contributed by atoms with Gasteiger partial charge >= 0.3 is 0 Å². The maximum atomic E-state index is 12.7. The Morgan fingerprint density at radius 3 is 2.78 bits per heavy atom. The Bertz CT molecular complexity index is 780. The summed E-state index contributed by atoms with van der Waals surface area (Å²) < 4.78 is 1.17. The van der Waals surface area contributed by atoms with Crippen molar-refractivity contribution in [2.45, 2.75) is 44.1 Å². The fraction of sp³-hybridized carbons (Fsp3) is 0.556. The smallest absolute Gasteiger partial charge is 0.229 e. The molecule has 4 nitrogen and oxygen atoms in total. The number of anilines is 1. The fourth-order valence-electron chi connectivity index (χ4n) is 4.48. The van der Waals surface area contributed by atoms with Crippen LogP contribution in [0.4, 0.5) is 5.69 Å². The summed E-state index contributed by atoms with van der Waals surface area (Å²) in [6.07, 6.45) is 6.04. The number of carbonyl (C=O) groups excluding carboxylic acids is 1. The first-order valence-corrected chi connectivity index (χ1v) is 9.47. The first-order chi connectivity index (χ1) is 11.2. The lowest BCUT2D eigenvalue weighted by Crippen LogP contribution is -2.42. The van der Waals surface area contributed by atoms with Gasteiger partial charge in [-0.1, -0.05) is 0 Å². The quantitative estimate of drug-likeness (QED) is 0.907. The Hall–Kier alpha value is -1.46. The second kappa shape index (κ2) is 5.02. The summed E-state index contributed by atoms with van der Waals surface area (Å²) in [5, 5.41) is 4.35. The first-order valence-electron chi connectivity index (χ1n) is 8.66. The predicted molar refractivity (Wildman–Crippen MR) is 92.5 cm³/mol. The molecule has 0 radical (unpaired) electrons. The lowest BCUT2D eigenvalue weighted by Gasteiger charge is -2.27. The van der Waals surface area contributed by atoms with E-state index in [2.05, 4.69) is 11.4 Å². The van der Waals surface area contributed by atoms with E-state index in [1.165, 1.54) is 29.0 Å². The topological polar surface area (TPSA) is 68.0 Å². The lowest BCUT2D eigenvalue weighted by atomic mass is 9.84. The van der Waals surface area contributed by atoms with E-state index in [1.54, 1.807) is 11.3 Å². The van der Waals surface area contributed by atoms with Crippen molar-refractivity contribution in [2.24, 2.45) is 23.5 Å². The van der Waals surface area contributed by atoms with E-state index in [0.29, 0.717) is 17.8 Å². The summed E-state index contributed by atoms with van der Waals surface area (Å²) in [6.45, 7) is 0. The van der Waals surface area contributed by atoms with E-state index in [0.717, 1.165) is 24.0 Å². The SMILES string of the molecule is NC1C2CCC(C2)C1C(=O)Nc1ccc2nc(C3CC3)sc2c1. The highest BCUT2D eigenvalue weighted by atomic mass is 32.1. The molecule has 23 heavy (non-hydrogen) atoms. The monoisotopic (exact) mass is 327 g/mol. The number of amides is 1. The van der Waals surface area contributed by atoms with E-state index in [-0.39, 0.29) is 17.9 Å². The van der Waals surface area contributed by atoms with Gasteiger partial charge in [0.1, 0.15) is 0 Å². The highest BCUT2D eigenvalue weighted by Crippen LogP contribution is 2.48. The lowest BCUT2D eigenvalue weighted by molar-refractivity contribution is -0.121. The van der Waals surface area contributed by atoms with Gasteiger partial charge in [0, 0.05) is 17.6 Å². The number of nitrogens with zero attached hydrogens (tertiary/aromatic N) is 1. The highest BCUT2D eigenvalue weighted by Gasteiger charge is 2.49. The average Bonchev–Trinajstić information content (AvgIpc) is 3.01.